The third-order valence-electron chi connectivity index (χ3n) is 2.98. The Hall–Kier alpha value is -0.260. The first-order valence-electron chi connectivity index (χ1n) is 5.94. The first-order valence-corrected chi connectivity index (χ1v) is 7.10. The first-order chi connectivity index (χ1) is 7.74. The molecular formula is C11H20ClN3OS. The minimum absolute atomic E-state index is 0. The van der Waals surface area contributed by atoms with E-state index in [2.05, 4.69) is 17.1 Å². The maximum absolute atomic E-state index is 6.26. The monoisotopic (exact) mass is 277 g/mol. The largest absolute Gasteiger partial charge is 0.338 e. The third kappa shape index (κ3) is 3.60. The van der Waals surface area contributed by atoms with Gasteiger partial charge in [-0.15, -0.1) is 12.4 Å². The van der Waals surface area contributed by atoms with Crippen LogP contribution >= 0.6 is 24.2 Å². The zero-order chi connectivity index (χ0) is 11.4. The fraction of sp³-hybridized carbons (Fsp3) is 0.818. The predicted octanol–water partition coefficient (Wildman–Crippen LogP) is 2.86. The fourth-order valence-corrected chi connectivity index (χ4v) is 2.77. The summed E-state index contributed by atoms with van der Waals surface area (Å²) >= 11 is 1.82. The Morgan fingerprint density at radius 2 is 2.12 bits per heavy atom. The van der Waals surface area contributed by atoms with Gasteiger partial charge in [-0.1, -0.05) is 24.9 Å². The van der Waals surface area contributed by atoms with Gasteiger partial charge in [0.2, 0.25) is 5.89 Å². The van der Waals surface area contributed by atoms with Crippen LogP contribution in [0, 0.1) is 0 Å². The lowest BCUT2D eigenvalue weighted by Gasteiger charge is -2.17. The topological polar surface area (TPSA) is 64.9 Å². The zero-order valence-electron chi connectivity index (χ0n) is 10.1. The van der Waals surface area contributed by atoms with Crippen molar-refractivity contribution in [2.24, 2.45) is 5.73 Å². The van der Waals surface area contributed by atoms with Gasteiger partial charge in [-0.2, -0.15) is 16.7 Å². The average Bonchev–Trinajstić information content (AvgIpc) is 2.88. The normalized spacial score (nSPS) is 18.0. The van der Waals surface area contributed by atoms with Gasteiger partial charge in [-0.05, 0) is 25.0 Å². The van der Waals surface area contributed by atoms with Gasteiger partial charge in [0.1, 0.15) is 0 Å². The molecule has 0 atom stereocenters. The molecule has 0 bridgehead atoms. The number of hydrogen-bond acceptors (Lipinski definition) is 5. The molecule has 2 rings (SSSR count). The summed E-state index contributed by atoms with van der Waals surface area (Å²) in [4.78, 5) is 4.41. The standard InChI is InChI=1S/C11H19N3OS.ClH/c1-2-7-16-8-9-13-10(14-15-9)11(12)5-3-4-6-11;/h2-8,12H2,1H3;1H. The van der Waals surface area contributed by atoms with Crippen LogP contribution in [-0.4, -0.2) is 15.9 Å². The zero-order valence-corrected chi connectivity index (χ0v) is 11.8. The minimum atomic E-state index is -0.322. The average molecular weight is 278 g/mol. The molecule has 0 aromatic carbocycles. The molecule has 98 valence electrons. The van der Waals surface area contributed by atoms with E-state index in [0.717, 1.165) is 24.3 Å². The van der Waals surface area contributed by atoms with Gasteiger partial charge in [0.25, 0.3) is 0 Å². The lowest BCUT2D eigenvalue weighted by Crippen LogP contribution is -2.34. The van der Waals surface area contributed by atoms with Crippen LogP contribution < -0.4 is 5.73 Å². The van der Waals surface area contributed by atoms with E-state index < -0.39 is 0 Å². The van der Waals surface area contributed by atoms with Crippen molar-refractivity contribution in [2.45, 2.75) is 50.3 Å². The van der Waals surface area contributed by atoms with Crippen molar-refractivity contribution in [1.29, 1.82) is 0 Å². The summed E-state index contributed by atoms with van der Waals surface area (Å²) in [5.74, 6) is 3.35. The molecule has 0 amide bonds. The molecule has 0 saturated heterocycles. The maximum Gasteiger partial charge on any atom is 0.236 e. The highest BCUT2D eigenvalue weighted by molar-refractivity contribution is 7.98. The Kier molecular flexibility index (Phi) is 5.76. The van der Waals surface area contributed by atoms with Crippen molar-refractivity contribution < 1.29 is 4.52 Å². The highest BCUT2D eigenvalue weighted by Crippen LogP contribution is 2.34. The minimum Gasteiger partial charge on any atom is -0.338 e. The lowest BCUT2D eigenvalue weighted by molar-refractivity contribution is 0.355. The first kappa shape index (κ1) is 14.8. The highest BCUT2D eigenvalue weighted by Gasteiger charge is 2.35. The SMILES string of the molecule is CCCSCc1nc(C2(N)CCCC2)no1.Cl. The molecule has 1 heterocycles. The Bertz CT molecular complexity index is 339. The van der Waals surface area contributed by atoms with Crippen LogP contribution in [0.1, 0.15) is 50.7 Å². The number of aromatic nitrogens is 2. The second-order valence-electron chi connectivity index (χ2n) is 4.43. The van der Waals surface area contributed by atoms with Crippen molar-refractivity contribution in [3.63, 3.8) is 0 Å². The third-order valence-corrected chi connectivity index (χ3v) is 4.13. The van der Waals surface area contributed by atoms with Crippen molar-refractivity contribution in [1.82, 2.24) is 10.1 Å². The fourth-order valence-electron chi connectivity index (χ4n) is 2.05. The van der Waals surface area contributed by atoms with E-state index in [0.29, 0.717) is 11.7 Å². The molecule has 0 unspecified atom stereocenters. The van der Waals surface area contributed by atoms with Gasteiger partial charge in [-0.25, -0.2) is 0 Å². The van der Waals surface area contributed by atoms with Crippen LogP contribution in [0.3, 0.4) is 0 Å². The summed E-state index contributed by atoms with van der Waals surface area (Å²) < 4.78 is 5.23. The molecule has 1 aliphatic carbocycles. The molecule has 1 fully saturated rings. The Labute approximate surface area is 113 Å². The molecule has 1 saturated carbocycles. The van der Waals surface area contributed by atoms with E-state index in [1.54, 1.807) is 0 Å². The quantitative estimate of drug-likeness (QED) is 0.839. The molecule has 1 aromatic rings. The summed E-state index contributed by atoms with van der Waals surface area (Å²) in [6, 6.07) is 0. The molecule has 1 aliphatic rings. The lowest BCUT2D eigenvalue weighted by atomic mass is 9.99. The Morgan fingerprint density at radius 3 is 2.76 bits per heavy atom. The van der Waals surface area contributed by atoms with E-state index >= 15 is 0 Å². The van der Waals surface area contributed by atoms with Crippen LogP contribution in [0.4, 0.5) is 0 Å². The molecule has 4 nitrogen and oxygen atoms in total. The maximum atomic E-state index is 6.26. The number of rotatable bonds is 5. The summed E-state index contributed by atoms with van der Waals surface area (Å²) in [7, 11) is 0. The van der Waals surface area contributed by atoms with E-state index in [-0.39, 0.29) is 17.9 Å². The van der Waals surface area contributed by atoms with E-state index in [1.807, 2.05) is 11.8 Å². The number of nitrogens with two attached hydrogens (primary N) is 1. The van der Waals surface area contributed by atoms with Gasteiger partial charge in [0, 0.05) is 0 Å². The van der Waals surface area contributed by atoms with Gasteiger partial charge in [-0.3, -0.25) is 0 Å². The van der Waals surface area contributed by atoms with Gasteiger partial charge in [0.05, 0.1) is 11.3 Å². The molecular weight excluding hydrogens is 258 g/mol. The summed E-state index contributed by atoms with van der Waals surface area (Å²) in [5, 5.41) is 4.02. The van der Waals surface area contributed by atoms with Gasteiger partial charge >= 0.3 is 0 Å². The second-order valence-corrected chi connectivity index (χ2v) is 5.53. The summed E-state index contributed by atoms with van der Waals surface area (Å²) in [6.07, 6.45) is 5.48. The van der Waals surface area contributed by atoms with Crippen molar-refractivity contribution in [3.05, 3.63) is 11.7 Å². The van der Waals surface area contributed by atoms with Crippen molar-refractivity contribution in [3.8, 4) is 0 Å². The summed E-state index contributed by atoms with van der Waals surface area (Å²) in [5.41, 5.74) is 5.93. The number of hydrogen-bond donors (Lipinski definition) is 1. The molecule has 0 spiro atoms. The second kappa shape index (κ2) is 6.61. The van der Waals surface area contributed by atoms with Crippen LogP contribution in [0.2, 0.25) is 0 Å². The predicted molar refractivity (Wildman–Crippen MR) is 72.3 cm³/mol. The van der Waals surface area contributed by atoms with Gasteiger partial charge < -0.3 is 10.3 Å². The number of nitrogens with zero attached hydrogens (tertiary/aromatic N) is 2. The molecule has 2 N–H and O–H groups in total. The number of thioether (sulfide) groups is 1. The Balaban J connectivity index is 0.00000144. The smallest absolute Gasteiger partial charge is 0.236 e. The molecule has 0 aliphatic heterocycles. The van der Waals surface area contributed by atoms with Crippen LogP contribution in [0.15, 0.2) is 4.52 Å². The van der Waals surface area contributed by atoms with Crippen molar-refractivity contribution in [2.75, 3.05) is 5.75 Å². The van der Waals surface area contributed by atoms with Crippen molar-refractivity contribution >= 4 is 24.2 Å². The van der Waals surface area contributed by atoms with E-state index in [4.69, 9.17) is 10.3 Å². The van der Waals surface area contributed by atoms with Crippen LogP contribution in [-0.2, 0) is 11.3 Å². The number of halogens is 1. The van der Waals surface area contributed by atoms with Crippen LogP contribution in [0.5, 0.6) is 0 Å². The summed E-state index contributed by atoms with van der Waals surface area (Å²) in [6.45, 7) is 2.17. The Morgan fingerprint density at radius 1 is 1.41 bits per heavy atom. The molecule has 17 heavy (non-hydrogen) atoms. The van der Waals surface area contributed by atoms with E-state index in [9.17, 15) is 0 Å². The highest BCUT2D eigenvalue weighted by atomic mass is 35.5. The molecule has 6 heteroatoms. The van der Waals surface area contributed by atoms with Gasteiger partial charge in [0.15, 0.2) is 5.82 Å². The molecule has 1 aromatic heterocycles. The van der Waals surface area contributed by atoms with E-state index in [1.165, 1.54) is 19.3 Å². The van der Waals surface area contributed by atoms with Crippen LogP contribution in [0.25, 0.3) is 0 Å². The molecule has 0 radical (unpaired) electrons.